The van der Waals surface area contributed by atoms with Gasteiger partial charge in [0.15, 0.2) is 5.82 Å². The Morgan fingerprint density at radius 2 is 1.86 bits per heavy atom. The molecule has 0 aliphatic rings. The number of halogens is 3. The predicted molar refractivity (Wildman–Crippen MR) is 91.2 cm³/mol. The molecule has 7 heteroatoms. The molecule has 0 spiro atoms. The molecule has 2 aromatic heterocycles. The zero-order valence-corrected chi connectivity index (χ0v) is 15.2. The molecule has 1 N–H and O–H groups in total. The fourth-order valence-electron chi connectivity index (χ4n) is 1.79. The summed E-state index contributed by atoms with van der Waals surface area (Å²) in [6, 6.07) is 1.63. The highest BCUT2D eigenvalue weighted by Crippen LogP contribution is 2.35. The van der Waals surface area contributed by atoms with E-state index in [1.165, 1.54) is 6.20 Å². The molecule has 0 saturated heterocycles. The summed E-state index contributed by atoms with van der Waals surface area (Å²) in [5.74, 6) is 1.16. The molecule has 0 atom stereocenters. The Kier molecular flexibility index (Phi) is 4.76. The van der Waals surface area contributed by atoms with Crippen molar-refractivity contribution in [2.45, 2.75) is 26.2 Å². The third-order valence-corrected chi connectivity index (χ3v) is 4.06. The highest BCUT2D eigenvalue weighted by atomic mass is 79.9. The molecule has 0 amide bonds. The van der Waals surface area contributed by atoms with Gasteiger partial charge in [0.2, 0.25) is 0 Å². The van der Waals surface area contributed by atoms with Crippen molar-refractivity contribution in [2.75, 3.05) is 12.4 Å². The second-order valence-corrected chi connectivity index (χ2v) is 7.18. The fourth-order valence-corrected chi connectivity index (χ4v) is 3.23. The molecule has 2 aromatic rings. The second kappa shape index (κ2) is 6.07. The van der Waals surface area contributed by atoms with Crippen LogP contribution in [-0.2, 0) is 5.41 Å². The number of aromatic nitrogens is 3. The van der Waals surface area contributed by atoms with Crippen LogP contribution in [0.3, 0.4) is 0 Å². The summed E-state index contributed by atoms with van der Waals surface area (Å²) < 4.78 is 0.839. The van der Waals surface area contributed by atoms with E-state index in [0.717, 1.165) is 10.2 Å². The fraction of sp³-hybridized carbons (Fsp3) is 0.357. The summed E-state index contributed by atoms with van der Waals surface area (Å²) in [5, 5.41) is 3.95. The Bertz CT molecular complexity index is 683. The molecule has 0 bridgehead atoms. The Labute approximate surface area is 142 Å². The number of nitrogens with one attached hydrogen (secondary N) is 1. The SMILES string of the molecule is CNc1nc(-c2ncc(Cl)cc2Cl)nc(C(C)(C)C)c1Br. The van der Waals surface area contributed by atoms with E-state index in [0.29, 0.717) is 27.4 Å². The van der Waals surface area contributed by atoms with Gasteiger partial charge in [-0.1, -0.05) is 44.0 Å². The zero-order valence-electron chi connectivity index (χ0n) is 12.1. The standard InChI is InChI=1S/C14H15BrCl2N4/c1-14(2,3)11-9(15)12(18-4)21-13(20-11)10-8(17)5-7(16)6-19-10/h5-6H,1-4H3,(H,18,20,21). The Morgan fingerprint density at radius 1 is 1.19 bits per heavy atom. The maximum absolute atomic E-state index is 6.21. The van der Waals surface area contributed by atoms with E-state index < -0.39 is 0 Å². The van der Waals surface area contributed by atoms with Crippen molar-refractivity contribution in [1.82, 2.24) is 15.0 Å². The third-order valence-electron chi connectivity index (χ3n) is 2.82. The van der Waals surface area contributed by atoms with Crippen LogP contribution in [0.4, 0.5) is 5.82 Å². The summed E-state index contributed by atoms with van der Waals surface area (Å²) in [4.78, 5) is 13.3. The first-order valence-electron chi connectivity index (χ1n) is 6.31. The van der Waals surface area contributed by atoms with Crippen LogP contribution in [-0.4, -0.2) is 22.0 Å². The highest BCUT2D eigenvalue weighted by Gasteiger charge is 2.24. The maximum atomic E-state index is 6.21. The summed E-state index contributed by atoms with van der Waals surface area (Å²) in [6.45, 7) is 6.25. The van der Waals surface area contributed by atoms with Crippen LogP contribution in [0.15, 0.2) is 16.7 Å². The predicted octanol–water partition coefficient (Wildman–Crippen LogP) is 4.95. The zero-order chi connectivity index (χ0) is 15.8. The molecule has 0 saturated carbocycles. The first kappa shape index (κ1) is 16.5. The van der Waals surface area contributed by atoms with Crippen LogP contribution in [0.2, 0.25) is 10.0 Å². The normalized spacial score (nSPS) is 11.6. The quantitative estimate of drug-likeness (QED) is 0.789. The van der Waals surface area contributed by atoms with Gasteiger partial charge in [0.25, 0.3) is 0 Å². The Morgan fingerprint density at radius 3 is 2.38 bits per heavy atom. The average molecular weight is 390 g/mol. The topological polar surface area (TPSA) is 50.7 Å². The smallest absolute Gasteiger partial charge is 0.182 e. The molecule has 0 radical (unpaired) electrons. The highest BCUT2D eigenvalue weighted by molar-refractivity contribution is 9.10. The lowest BCUT2D eigenvalue weighted by Gasteiger charge is -2.21. The molecular weight excluding hydrogens is 375 g/mol. The van der Waals surface area contributed by atoms with Crippen molar-refractivity contribution in [1.29, 1.82) is 0 Å². The first-order valence-corrected chi connectivity index (χ1v) is 7.86. The Hall–Kier alpha value is -0.910. The summed E-state index contributed by atoms with van der Waals surface area (Å²) in [5.41, 5.74) is 1.24. The van der Waals surface area contributed by atoms with Gasteiger partial charge >= 0.3 is 0 Å². The molecule has 112 valence electrons. The van der Waals surface area contributed by atoms with Gasteiger partial charge in [-0.2, -0.15) is 0 Å². The molecule has 0 fully saturated rings. The van der Waals surface area contributed by atoms with Gasteiger partial charge in [-0.3, -0.25) is 0 Å². The van der Waals surface area contributed by atoms with Gasteiger partial charge in [0, 0.05) is 18.7 Å². The van der Waals surface area contributed by atoms with Crippen LogP contribution >= 0.6 is 39.1 Å². The molecule has 0 aromatic carbocycles. The van der Waals surface area contributed by atoms with E-state index in [4.69, 9.17) is 23.2 Å². The summed E-state index contributed by atoms with van der Waals surface area (Å²) >= 11 is 15.6. The number of hydrogen-bond donors (Lipinski definition) is 1. The van der Waals surface area contributed by atoms with Crippen molar-refractivity contribution < 1.29 is 0 Å². The summed E-state index contributed by atoms with van der Waals surface area (Å²) in [7, 11) is 1.81. The molecule has 0 aliphatic carbocycles. The van der Waals surface area contributed by atoms with Crippen LogP contribution in [0.5, 0.6) is 0 Å². The van der Waals surface area contributed by atoms with E-state index in [1.807, 2.05) is 0 Å². The summed E-state index contributed by atoms with van der Waals surface area (Å²) in [6.07, 6.45) is 1.53. The number of anilines is 1. The van der Waals surface area contributed by atoms with Gasteiger partial charge in [-0.05, 0) is 22.0 Å². The average Bonchev–Trinajstić information content (AvgIpc) is 2.38. The molecule has 2 rings (SSSR count). The van der Waals surface area contributed by atoms with Crippen molar-refractivity contribution >= 4 is 44.9 Å². The first-order chi connectivity index (χ1) is 9.74. The minimum Gasteiger partial charge on any atom is -0.372 e. The van der Waals surface area contributed by atoms with E-state index in [9.17, 15) is 0 Å². The minimum atomic E-state index is -0.152. The number of rotatable bonds is 2. The van der Waals surface area contributed by atoms with E-state index in [2.05, 4.69) is 57.0 Å². The molecule has 0 aliphatic heterocycles. The van der Waals surface area contributed by atoms with Gasteiger partial charge in [0.05, 0.1) is 20.2 Å². The third kappa shape index (κ3) is 3.47. The van der Waals surface area contributed by atoms with Crippen LogP contribution < -0.4 is 5.32 Å². The monoisotopic (exact) mass is 388 g/mol. The number of hydrogen-bond acceptors (Lipinski definition) is 4. The van der Waals surface area contributed by atoms with Gasteiger partial charge < -0.3 is 5.32 Å². The second-order valence-electron chi connectivity index (χ2n) is 5.54. The lowest BCUT2D eigenvalue weighted by Crippen LogP contribution is -2.17. The molecule has 21 heavy (non-hydrogen) atoms. The molecule has 2 heterocycles. The number of nitrogens with zero attached hydrogens (tertiary/aromatic N) is 3. The van der Waals surface area contributed by atoms with E-state index in [1.54, 1.807) is 13.1 Å². The van der Waals surface area contributed by atoms with E-state index in [-0.39, 0.29) is 5.41 Å². The lowest BCUT2D eigenvalue weighted by molar-refractivity contribution is 0.564. The van der Waals surface area contributed by atoms with Crippen molar-refractivity contribution in [3.63, 3.8) is 0 Å². The van der Waals surface area contributed by atoms with Crippen molar-refractivity contribution in [3.8, 4) is 11.5 Å². The van der Waals surface area contributed by atoms with Crippen LogP contribution in [0.25, 0.3) is 11.5 Å². The van der Waals surface area contributed by atoms with Gasteiger partial charge in [0.1, 0.15) is 11.5 Å². The number of pyridine rings is 1. The largest absolute Gasteiger partial charge is 0.372 e. The van der Waals surface area contributed by atoms with Crippen molar-refractivity contribution in [3.05, 3.63) is 32.5 Å². The molecule has 4 nitrogen and oxygen atoms in total. The van der Waals surface area contributed by atoms with E-state index >= 15 is 0 Å². The maximum Gasteiger partial charge on any atom is 0.182 e. The minimum absolute atomic E-state index is 0.152. The van der Waals surface area contributed by atoms with Crippen LogP contribution in [0.1, 0.15) is 26.5 Å². The van der Waals surface area contributed by atoms with Crippen LogP contribution in [0, 0.1) is 0 Å². The molecule has 0 unspecified atom stereocenters. The van der Waals surface area contributed by atoms with Gasteiger partial charge in [-0.15, -0.1) is 0 Å². The Balaban J connectivity index is 2.70. The lowest BCUT2D eigenvalue weighted by atomic mass is 9.92. The van der Waals surface area contributed by atoms with Crippen molar-refractivity contribution in [2.24, 2.45) is 0 Å². The van der Waals surface area contributed by atoms with Gasteiger partial charge in [-0.25, -0.2) is 15.0 Å². The molecular formula is C14H15BrCl2N4.